The standard InChI is InChI=1S/C12H18BrNO/c1-3-15-9(2)12(14)8-10-6-4-5-7-11(10)13/h4-7,9,12H,3,8,14H2,1-2H3. The first-order valence-electron chi connectivity index (χ1n) is 5.25. The highest BCUT2D eigenvalue weighted by Crippen LogP contribution is 2.18. The Labute approximate surface area is 99.9 Å². The van der Waals surface area contributed by atoms with Gasteiger partial charge in [0.15, 0.2) is 0 Å². The van der Waals surface area contributed by atoms with E-state index >= 15 is 0 Å². The highest BCUT2D eigenvalue weighted by Gasteiger charge is 2.14. The summed E-state index contributed by atoms with van der Waals surface area (Å²) in [6.07, 6.45) is 0.935. The van der Waals surface area contributed by atoms with Crippen LogP contribution in [0.1, 0.15) is 19.4 Å². The van der Waals surface area contributed by atoms with Gasteiger partial charge < -0.3 is 10.5 Å². The zero-order valence-electron chi connectivity index (χ0n) is 9.24. The molecule has 2 atom stereocenters. The Bertz CT molecular complexity index is 303. The lowest BCUT2D eigenvalue weighted by atomic mass is 10.0. The molecule has 0 aliphatic carbocycles. The van der Waals surface area contributed by atoms with Gasteiger partial charge >= 0.3 is 0 Å². The van der Waals surface area contributed by atoms with Gasteiger partial charge in [0.1, 0.15) is 0 Å². The normalized spacial score (nSPS) is 14.9. The first kappa shape index (κ1) is 12.7. The second kappa shape index (κ2) is 6.26. The van der Waals surface area contributed by atoms with Crippen molar-refractivity contribution in [1.82, 2.24) is 0 Å². The third-order valence-corrected chi connectivity index (χ3v) is 3.22. The van der Waals surface area contributed by atoms with Crippen LogP contribution < -0.4 is 5.73 Å². The maximum atomic E-state index is 6.06. The molecule has 0 amide bonds. The maximum absolute atomic E-state index is 6.06. The van der Waals surface area contributed by atoms with Crippen molar-refractivity contribution in [3.8, 4) is 0 Å². The van der Waals surface area contributed by atoms with E-state index in [2.05, 4.69) is 22.0 Å². The van der Waals surface area contributed by atoms with E-state index in [4.69, 9.17) is 10.5 Å². The summed E-state index contributed by atoms with van der Waals surface area (Å²) in [6, 6.07) is 8.20. The molecular formula is C12H18BrNO. The molecule has 0 bridgehead atoms. The third kappa shape index (κ3) is 3.93. The summed E-state index contributed by atoms with van der Waals surface area (Å²) >= 11 is 3.52. The van der Waals surface area contributed by atoms with Crippen molar-refractivity contribution < 1.29 is 4.74 Å². The summed E-state index contributed by atoms with van der Waals surface area (Å²) in [5.74, 6) is 0. The fourth-order valence-corrected chi connectivity index (χ4v) is 1.92. The predicted octanol–water partition coefficient (Wildman–Crippen LogP) is 2.74. The van der Waals surface area contributed by atoms with Crippen LogP contribution in [0.3, 0.4) is 0 Å². The van der Waals surface area contributed by atoms with Gasteiger partial charge in [0.05, 0.1) is 6.10 Å². The summed E-state index contributed by atoms with van der Waals surface area (Å²) in [5, 5.41) is 0. The van der Waals surface area contributed by atoms with Gasteiger partial charge in [0.2, 0.25) is 0 Å². The molecule has 0 radical (unpaired) electrons. The Morgan fingerprint density at radius 3 is 2.67 bits per heavy atom. The lowest BCUT2D eigenvalue weighted by Crippen LogP contribution is -2.36. The van der Waals surface area contributed by atoms with Gasteiger partial charge in [-0.3, -0.25) is 0 Å². The number of benzene rings is 1. The molecule has 0 aromatic heterocycles. The summed E-state index contributed by atoms with van der Waals surface area (Å²) in [6.45, 7) is 4.72. The molecule has 1 aromatic carbocycles. The molecule has 0 aliphatic heterocycles. The van der Waals surface area contributed by atoms with Gasteiger partial charge in [0.25, 0.3) is 0 Å². The predicted molar refractivity (Wildman–Crippen MR) is 66.9 cm³/mol. The average molecular weight is 272 g/mol. The van der Waals surface area contributed by atoms with Gasteiger partial charge in [0, 0.05) is 17.1 Å². The number of hydrogen-bond donors (Lipinski definition) is 1. The highest BCUT2D eigenvalue weighted by atomic mass is 79.9. The molecule has 1 aromatic rings. The van der Waals surface area contributed by atoms with Gasteiger partial charge in [-0.15, -0.1) is 0 Å². The largest absolute Gasteiger partial charge is 0.377 e. The highest BCUT2D eigenvalue weighted by molar-refractivity contribution is 9.10. The van der Waals surface area contributed by atoms with Gasteiger partial charge in [-0.1, -0.05) is 34.1 Å². The Hall–Kier alpha value is -0.380. The van der Waals surface area contributed by atoms with E-state index in [9.17, 15) is 0 Å². The summed E-state index contributed by atoms with van der Waals surface area (Å²) in [5.41, 5.74) is 7.29. The van der Waals surface area contributed by atoms with Crippen molar-refractivity contribution in [3.63, 3.8) is 0 Å². The summed E-state index contributed by atoms with van der Waals surface area (Å²) in [7, 11) is 0. The molecule has 2 N–H and O–H groups in total. The Balaban J connectivity index is 2.58. The van der Waals surface area contributed by atoms with E-state index in [1.54, 1.807) is 0 Å². The van der Waals surface area contributed by atoms with Crippen LogP contribution in [0.15, 0.2) is 28.7 Å². The lowest BCUT2D eigenvalue weighted by molar-refractivity contribution is 0.0577. The van der Waals surface area contributed by atoms with Crippen molar-refractivity contribution in [2.24, 2.45) is 5.73 Å². The number of halogens is 1. The van der Waals surface area contributed by atoms with E-state index in [1.165, 1.54) is 5.56 Å². The molecule has 84 valence electrons. The third-order valence-electron chi connectivity index (χ3n) is 2.45. The first-order chi connectivity index (χ1) is 7.15. The van der Waals surface area contributed by atoms with E-state index in [-0.39, 0.29) is 12.1 Å². The van der Waals surface area contributed by atoms with Crippen LogP contribution in [-0.4, -0.2) is 18.8 Å². The molecule has 0 heterocycles. The molecular weight excluding hydrogens is 254 g/mol. The molecule has 0 saturated carbocycles. The molecule has 1 rings (SSSR count). The minimum Gasteiger partial charge on any atom is -0.377 e. The number of nitrogens with two attached hydrogens (primary N) is 1. The van der Waals surface area contributed by atoms with Gasteiger partial charge in [-0.2, -0.15) is 0 Å². The van der Waals surface area contributed by atoms with E-state index in [0.29, 0.717) is 6.61 Å². The molecule has 2 unspecified atom stereocenters. The second-order valence-corrected chi connectivity index (χ2v) is 4.47. The summed E-state index contributed by atoms with van der Waals surface area (Å²) in [4.78, 5) is 0. The Morgan fingerprint density at radius 1 is 1.40 bits per heavy atom. The molecule has 0 fully saturated rings. The topological polar surface area (TPSA) is 35.2 Å². The van der Waals surface area contributed by atoms with Crippen LogP contribution in [0.4, 0.5) is 0 Å². The lowest BCUT2D eigenvalue weighted by Gasteiger charge is -2.20. The zero-order valence-corrected chi connectivity index (χ0v) is 10.8. The van der Waals surface area contributed by atoms with Gasteiger partial charge in [-0.05, 0) is 31.9 Å². The molecule has 0 spiro atoms. The fourth-order valence-electron chi connectivity index (χ4n) is 1.47. The van der Waals surface area contributed by atoms with Crippen molar-refractivity contribution in [2.45, 2.75) is 32.4 Å². The molecule has 0 saturated heterocycles. The quantitative estimate of drug-likeness (QED) is 0.894. The van der Waals surface area contributed by atoms with Crippen LogP contribution in [0.2, 0.25) is 0 Å². The fraction of sp³-hybridized carbons (Fsp3) is 0.500. The summed E-state index contributed by atoms with van der Waals surface area (Å²) < 4.78 is 6.59. The number of ether oxygens (including phenoxy) is 1. The zero-order chi connectivity index (χ0) is 11.3. The van der Waals surface area contributed by atoms with Crippen LogP contribution in [-0.2, 0) is 11.2 Å². The molecule has 2 nitrogen and oxygen atoms in total. The van der Waals surface area contributed by atoms with Crippen molar-refractivity contribution in [3.05, 3.63) is 34.3 Å². The monoisotopic (exact) mass is 271 g/mol. The second-order valence-electron chi connectivity index (χ2n) is 3.62. The molecule has 0 aliphatic rings. The van der Waals surface area contributed by atoms with Crippen LogP contribution >= 0.6 is 15.9 Å². The van der Waals surface area contributed by atoms with E-state index in [1.807, 2.05) is 32.0 Å². The molecule has 15 heavy (non-hydrogen) atoms. The minimum atomic E-state index is 0.0450. The van der Waals surface area contributed by atoms with Crippen molar-refractivity contribution >= 4 is 15.9 Å². The van der Waals surface area contributed by atoms with Crippen LogP contribution in [0.5, 0.6) is 0 Å². The number of rotatable bonds is 5. The van der Waals surface area contributed by atoms with Crippen LogP contribution in [0, 0.1) is 0 Å². The Kier molecular flexibility index (Phi) is 5.29. The minimum absolute atomic E-state index is 0.0450. The smallest absolute Gasteiger partial charge is 0.0700 e. The number of hydrogen-bond acceptors (Lipinski definition) is 2. The molecule has 3 heteroatoms. The van der Waals surface area contributed by atoms with Crippen LogP contribution in [0.25, 0.3) is 0 Å². The SMILES string of the molecule is CCOC(C)C(N)Cc1ccccc1Br. The Morgan fingerprint density at radius 2 is 2.07 bits per heavy atom. The van der Waals surface area contributed by atoms with E-state index < -0.39 is 0 Å². The van der Waals surface area contributed by atoms with Crippen molar-refractivity contribution in [2.75, 3.05) is 6.61 Å². The maximum Gasteiger partial charge on any atom is 0.0700 e. The van der Waals surface area contributed by atoms with E-state index in [0.717, 1.165) is 10.9 Å². The average Bonchev–Trinajstić information content (AvgIpc) is 2.21. The first-order valence-corrected chi connectivity index (χ1v) is 6.05. The van der Waals surface area contributed by atoms with Gasteiger partial charge in [-0.25, -0.2) is 0 Å². The van der Waals surface area contributed by atoms with Crippen molar-refractivity contribution in [1.29, 1.82) is 0 Å².